The van der Waals surface area contributed by atoms with Crippen molar-refractivity contribution in [2.45, 2.75) is 38.1 Å². The summed E-state index contributed by atoms with van der Waals surface area (Å²) in [4.78, 5) is 0. The van der Waals surface area contributed by atoms with Gasteiger partial charge < -0.3 is 9.94 Å². The maximum absolute atomic E-state index is 11.8. The third-order valence-electron chi connectivity index (χ3n) is 3.18. The lowest BCUT2D eigenvalue weighted by atomic mass is 9.96. The monoisotopic (exact) mass is 233 g/mol. The van der Waals surface area contributed by atoms with E-state index in [1.165, 1.54) is 19.3 Å². The van der Waals surface area contributed by atoms with Gasteiger partial charge in [-0.15, -0.1) is 0 Å². The predicted molar refractivity (Wildman–Crippen MR) is 68.5 cm³/mol. The quantitative estimate of drug-likeness (QED) is 0.347. The van der Waals surface area contributed by atoms with Crippen molar-refractivity contribution in [2.75, 3.05) is 6.61 Å². The van der Waals surface area contributed by atoms with Crippen LogP contribution in [-0.4, -0.2) is 23.6 Å². The molecule has 1 aromatic rings. The van der Waals surface area contributed by atoms with Crippen LogP contribution in [-0.2, 0) is 0 Å². The molecule has 92 valence electrons. The zero-order valence-corrected chi connectivity index (χ0v) is 10.0. The smallest absolute Gasteiger partial charge is 0.188 e. The van der Waals surface area contributed by atoms with Gasteiger partial charge in [-0.25, -0.2) is 4.74 Å². The third kappa shape index (κ3) is 3.77. The van der Waals surface area contributed by atoms with Crippen molar-refractivity contribution in [3.8, 4) is 5.75 Å². The maximum atomic E-state index is 11.8. The van der Waals surface area contributed by atoms with E-state index >= 15 is 0 Å². The predicted octanol–water partition coefficient (Wildman–Crippen LogP) is 2.98. The first-order chi connectivity index (χ1) is 8.36. The van der Waals surface area contributed by atoms with Crippen LogP contribution >= 0.6 is 0 Å². The fourth-order valence-electron chi connectivity index (χ4n) is 2.21. The number of nitrogens with zero attached hydrogens (tertiary/aromatic N) is 1. The Bertz CT molecular complexity index is 356. The molecular formula is C14H19NO2. The van der Waals surface area contributed by atoms with Crippen LogP contribution in [0, 0.1) is 5.21 Å². The Morgan fingerprint density at radius 3 is 2.59 bits per heavy atom. The van der Waals surface area contributed by atoms with E-state index in [-0.39, 0.29) is 6.04 Å². The molecule has 0 N–H and O–H groups in total. The molecule has 3 nitrogen and oxygen atoms in total. The molecule has 3 heteroatoms. The van der Waals surface area contributed by atoms with Gasteiger partial charge in [0.2, 0.25) is 0 Å². The van der Waals surface area contributed by atoms with Gasteiger partial charge in [-0.05, 0) is 25.0 Å². The molecule has 0 saturated heterocycles. The van der Waals surface area contributed by atoms with Crippen LogP contribution < -0.4 is 4.74 Å². The number of rotatable bonds is 4. The number of hydrogen-bond acceptors (Lipinski definition) is 2. The summed E-state index contributed by atoms with van der Waals surface area (Å²) in [6, 6.07) is 9.74. The van der Waals surface area contributed by atoms with Crippen LogP contribution in [0.1, 0.15) is 32.1 Å². The largest absolute Gasteiger partial charge is 0.624 e. The highest BCUT2D eigenvalue weighted by atomic mass is 16.5. The Balaban J connectivity index is 1.79. The number of benzene rings is 1. The van der Waals surface area contributed by atoms with Crippen LogP contribution in [0.5, 0.6) is 5.75 Å². The first kappa shape index (κ1) is 12.0. The Morgan fingerprint density at radius 2 is 1.88 bits per heavy atom. The van der Waals surface area contributed by atoms with Crippen molar-refractivity contribution in [1.29, 1.82) is 0 Å². The molecule has 0 amide bonds. The minimum atomic E-state index is 0.170. The molecule has 0 radical (unpaired) electrons. The summed E-state index contributed by atoms with van der Waals surface area (Å²) in [6.07, 6.45) is 7.28. The highest BCUT2D eigenvalue weighted by Crippen LogP contribution is 2.19. The molecule has 1 saturated carbocycles. The van der Waals surface area contributed by atoms with Gasteiger partial charge in [0, 0.05) is 12.8 Å². The lowest BCUT2D eigenvalue weighted by molar-refractivity contribution is -0.502. The molecule has 0 heterocycles. The van der Waals surface area contributed by atoms with Gasteiger partial charge >= 0.3 is 0 Å². The first-order valence-electron chi connectivity index (χ1n) is 6.33. The van der Waals surface area contributed by atoms with Crippen molar-refractivity contribution in [3.05, 3.63) is 35.5 Å². The van der Waals surface area contributed by atoms with Crippen molar-refractivity contribution < 1.29 is 9.48 Å². The summed E-state index contributed by atoms with van der Waals surface area (Å²) in [5.74, 6) is 0.806. The van der Waals surface area contributed by atoms with Gasteiger partial charge in [-0.1, -0.05) is 24.6 Å². The molecule has 2 rings (SSSR count). The van der Waals surface area contributed by atoms with E-state index in [0.717, 1.165) is 23.3 Å². The molecule has 0 unspecified atom stereocenters. The highest BCUT2D eigenvalue weighted by Gasteiger charge is 2.19. The topological polar surface area (TPSA) is 35.3 Å². The molecular weight excluding hydrogens is 214 g/mol. The number of ether oxygens (including phenoxy) is 1. The SMILES string of the molecule is [O-]/[N+](=C\COc1ccccc1)C1CCCCC1. The molecule has 0 aromatic heterocycles. The Hall–Kier alpha value is -1.51. The maximum Gasteiger partial charge on any atom is 0.188 e. The van der Waals surface area contributed by atoms with Crippen molar-refractivity contribution >= 4 is 6.21 Å². The van der Waals surface area contributed by atoms with Gasteiger partial charge in [0.05, 0.1) is 0 Å². The first-order valence-corrected chi connectivity index (χ1v) is 6.33. The van der Waals surface area contributed by atoms with Crippen LogP contribution in [0.25, 0.3) is 0 Å². The molecule has 1 aromatic carbocycles. The minimum Gasteiger partial charge on any atom is -0.624 e. The molecule has 0 aliphatic heterocycles. The second-order valence-electron chi connectivity index (χ2n) is 4.46. The number of hydrogen-bond donors (Lipinski definition) is 0. The van der Waals surface area contributed by atoms with E-state index in [1.54, 1.807) is 6.21 Å². The highest BCUT2D eigenvalue weighted by molar-refractivity contribution is 5.53. The molecule has 17 heavy (non-hydrogen) atoms. The number of hydroxylamine groups is 1. The van der Waals surface area contributed by atoms with Gasteiger partial charge in [0.25, 0.3) is 0 Å². The minimum absolute atomic E-state index is 0.170. The van der Waals surface area contributed by atoms with E-state index in [1.807, 2.05) is 30.3 Å². The van der Waals surface area contributed by atoms with Crippen LogP contribution in [0.3, 0.4) is 0 Å². The average Bonchev–Trinajstić information content (AvgIpc) is 2.41. The number of para-hydroxylation sites is 1. The zero-order chi connectivity index (χ0) is 11.9. The fourth-order valence-corrected chi connectivity index (χ4v) is 2.21. The molecule has 1 aliphatic carbocycles. The van der Waals surface area contributed by atoms with Gasteiger partial charge in [-0.2, -0.15) is 0 Å². The van der Waals surface area contributed by atoms with E-state index in [4.69, 9.17) is 4.74 Å². The van der Waals surface area contributed by atoms with Crippen molar-refractivity contribution in [2.24, 2.45) is 0 Å². The van der Waals surface area contributed by atoms with Gasteiger partial charge in [-0.3, -0.25) is 0 Å². The molecule has 0 atom stereocenters. The lowest BCUT2D eigenvalue weighted by Crippen LogP contribution is -2.26. The molecule has 1 fully saturated rings. The molecule has 0 spiro atoms. The van der Waals surface area contributed by atoms with Crippen LogP contribution in [0.15, 0.2) is 30.3 Å². The van der Waals surface area contributed by atoms with E-state index in [0.29, 0.717) is 6.61 Å². The Morgan fingerprint density at radius 1 is 1.18 bits per heavy atom. The lowest BCUT2D eigenvalue weighted by Gasteiger charge is -2.20. The van der Waals surface area contributed by atoms with E-state index in [2.05, 4.69) is 0 Å². The molecule has 1 aliphatic rings. The Kier molecular flexibility index (Phi) is 4.42. The summed E-state index contributed by atoms with van der Waals surface area (Å²) in [7, 11) is 0. The summed E-state index contributed by atoms with van der Waals surface area (Å²) in [5.41, 5.74) is 0. The second-order valence-corrected chi connectivity index (χ2v) is 4.46. The third-order valence-corrected chi connectivity index (χ3v) is 3.18. The van der Waals surface area contributed by atoms with Crippen molar-refractivity contribution in [1.82, 2.24) is 0 Å². The fraction of sp³-hybridized carbons (Fsp3) is 0.500. The average molecular weight is 233 g/mol. The van der Waals surface area contributed by atoms with Crippen molar-refractivity contribution in [3.63, 3.8) is 0 Å². The van der Waals surface area contributed by atoms with Gasteiger partial charge in [0.1, 0.15) is 5.75 Å². The summed E-state index contributed by atoms with van der Waals surface area (Å²) in [5, 5.41) is 11.8. The standard InChI is InChI=1S/C14H19NO2/c16-15(13-7-3-1-4-8-13)11-12-17-14-9-5-2-6-10-14/h2,5-6,9-11,13H,1,3-4,7-8,12H2/b15-11-. The van der Waals surface area contributed by atoms with Crippen LogP contribution in [0.4, 0.5) is 0 Å². The Labute approximate surface area is 102 Å². The zero-order valence-electron chi connectivity index (χ0n) is 10.0. The summed E-state index contributed by atoms with van der Waals surface area (Å²) < 4.78 is 6.56. The van der Waals surface area contributed by atoms with Crippen LogP contribution in [0.2, 0.25) is 0 Å². The summed E-state index contributed by atoms with van der Waals surface area (Å²) in [6.45, 7) is 0.351. The van der Waals surface area contributed by atoms with E-state index in [9.17, 15) is 5.21 Å². The van der Waals surface area contributed by atoms with E-state index < -0.39 is 0 Å². The summed E-state index contributed by atoms with van der Waals surface area (Å²) >= 11 is 0. The normalized spacial score (nSPS) is 18.0. The molecule has 0 bridgehead atoms. The van der Waals surface area contributed by atoms with Gasteiger partial charge in [0.15, 0.2) is 18.9 Å². The second kappa shape index (κ2) is 6.28.